The molecule has 0 aliphatic heterocycles. The van der Waals surface area contributed by atoms with Gasteiger partial charge in [-0.15, -0.1) is 0 Å². The van der Waals surface area contributed by atoms with E-state index in [-0.39, 0.29) is 5.56 Å². The van der Waals surface area contributed by atoms with Crippen LogP contribution in [0.3, 0.4) is 0 Å². The zero-order valence-electron chi connectivity index (χ0n) is 11.3. The largest absolute Gasteiger partial charge is 0.467 e. The first kappa shape index (κ1) is 14.9. The summed E-state index contributed by atoms with van der Waals surface area (Å²) in [6.45, 7) is 3.47. The maximum atomic E-state index is 12.0. The van der Waals surface area contributed by atoms with Crippen LogP contribution in [0.25, 0.3) is 0 Å². The number of rotatable bonds is 5. The molecule has 1 amide bonds. The molecule has 1 rings (SSSR count). The van der Waals surface area contributed by atoms with Crippen LogP contribution in [0.15, 0.2) is 23.3 Å². The molecule has 6 heteroatoms. The first-order valence-corrected chi connectivity index (χ1v) is 6.02. The summed E-state index contributed by atoms with van der Waals surface area (Å²) in [5, 5.41) is 2.57. The number of H-pyrrole nitrogens is 1. The zero-order valence-corrected chi connectivity index (χ0v) is 11.3. The summed E-state index contributed by atoms with van der Waals surface area (Å²) in [5.41, 5.74) is -1.57. The number of carbonyl (C=O) groups excluding carboxylic acids is 2. The highest BCUT2D eigenvalue weighted by molar-refractivity contribution is 5.97. The van der Waals surface area contributed by atoms with Crippen LogP contribution in [0.2, 0.25) is 0 Å². The van der Waals surface area contributed by atoms with E-state index in [1.165, 1.54) is 25.6 Å². The van der Waals surface area contributed by atoms with Crippen LogP contribution >= 0.6 is 0 Å². The van der Waals surface area contributed by atoms with Crippen molar-refractivity contribution < 1.29 is 14.3 Å². The van der Waals surface area contributed by atoms with Gasteiger partial charge in [-0.25, -0.2) is 4.79 Å². The lowest BCUT2D eigenvalue weighted by atomic mass is 9.95. The quantitative estimate of drug-likeness (QED) is 0.773. The van der Waals surface area contributed by atoms with Crippen LogP contribution in [-0.2, 0) is 9.53 Å². The fraction of sp³-hybridized carbons (Fsp3) is 0.462. The smallest absolute Gasteiger partial charge is 0.331 e. The highest BCUT2D eigenvalue weighted by atomic mass is 16.5. The van der Waals surface area contributed by atoms with Gasteiger partial charge in [-0.1, -0.05) is 13.3 Å². The molecule has 0 radical (unpaired) electrons. The molecule has 0 bridgehead atoms. The Hall–Kier alpha value is -2.11. The highest BCUT2D eigenvalue weighted by Gasteiger charge is 2.35. The van der Waals surface area contributed by atoms with Crippen LogP contribution in [-0.4, -0.2) is 29.5 Å². The minimum absolute atomic E-state index is 0.0336. The lowest BCUT2D eigenvalue weighted by Gasteiger charge is -2.27. The predicted octanol–water partition coefficient (Wildman–Crippen LogP) is 0.836. The molecule has 2 N–H and O–H groups in total. The number of hydrogen-bond donors (Lipinski definition) is 2. The summed E-state index contributed by atoms with van der Waals surface area (Å²) < 4.78 is 4.70. The van der Waals surface area contributed by atoms with Gasteiger partial charge in [0.2, 0.25) is 0 Å². The molecule has 0 aliphatic rings. The number of esters is 1. The van der Waals surface area contributed by atoms with Gasteiger partial charge >= 0.3 is 5.97 Å². The number of methoxy groups -OCH3 is 1. The Balaban J connectivity index is 2.98. The van der Waals surface area contributed by atoms with Crippen molar-refractivity contribution in [1.82, 2.24) is 10.3 Å². The molecule has 1 unspecified atom stereocenters. The molecular weight excluding hydrogens is 248 g/mol. The first-order chi connectivity index (χ1) is 8.94. The fourth-order valence-corrected chi connectivity index (χ4v) is 1.85. The van der Waals surface area contributed by atoms with Gasteiger partial charge in [-0.3, -0.25) is 9.59 Å². The summed E-state index contributed by atoms with van der Waals surface area (Å²) in [7, 11) is 1.26. The van der Waals surface area contributed by atoms with E-state index in [4.69, 9.17) is 4.74 Å². The zero-order chi connectivity index (χ0) is 14.5. The number of aromatic amines is 1. The number of nitrogens with one attached hydrogen (secondary N) is 2. The topological polar surface area (TPSA) is 88.3 Å². The molecule has 6 nitrogen and oxygen atoms in total. The van der Waals surface area contributed by atoms with E-state index >= 15 is 0 Å². The number of aromatic nitrogens is 1. The van der Waals surface area contributed by atoms with Gasteiger partial charge in [0.1, 0.15) is 11.1 Å². The molecular formula is C13H18N2O4. The van der Waals surface area contributed by atoms with Gasteiger partial charge < -0.3 is 15.0 Å². The van der Waals surface area contributed by atoms with Crippen molar-refractivity contribution in [1.29, 1.82) is 0 Å². The van der Waals surface area contributed by atoms with Gasteiger partial charge in [0.05, 0.1) is 7.11 Å². The highest BCUT2D eigenvalue weighted by Crippen LogP contribution is 2.14. The maximum absolute atomic E-state index is 12.0. The Kier molecular flexibility index (Phi) is 4.86. The number of amides is 1. The first-order valence-electron chi connectivity index (χ1n) is 6.02. The molecule has 19 heavy (non-hydrogen) atoms. The van der Waals surface area contributed by atoms with Gasteiger partial charge in [0, 0.05) is 18.5 Å². The summed E-state index contributed by atoms with van der Waals surface area (Å²) in [6.07, 6.45) is 3.86. The third-order valence-electron chi connectivity index (χ3n) is 2.84. The minimum Gasteiger partial charge on any atom is -0.467 e. The van der Waals surface area contributed by atoms with Crippen LogP contribution in [0.5, 0.6) is 0 Å². The molecule has 0 fully saturated rings. The van der Waals surface area contributed by atoms with Crippen molar-refractivity contribution in [2.24, 2.45) is 0 Å². The third-order valence-corrected chi connectivity index (χ3v) is 2.84. The van der Waals surface area contributed by atoms with E-state index in [0.717, 1.165) is 0 Å². The van der Waals surface area contributed by atoms with E-state index < -0.39 is 22.8 Å². The molecule has 104 valence electrons. The molecule has 0 aromatic carbocycles. The average molecular weight is 266 g/mol. The Bertz CT molecular complexity index is 523. The van der Waals surface area contributed by atoms with Crippen molar-refractivity contribution in [3.05, 3.63) is 34.2 Å². The maximum Gasteiger partial charge on any atom is 0.331 e. The third kappa shape index (κ3) is 3.43. The lowest BCUT2D eigenvalue weighted by Crippen LogP contribution is -2.53. The minimum atomic E-state index is -1.14. The van der Waals surface area contributed by atoms with E-state index in [1.54, 1.807) is 6.92 Å². The standard InChI is InChI=1S/C13H18N2O4/c1-4-6-13(2,12(18)19-3)15-11(17)9-8-14-7-5-10(9)16/h5,7-8H,4,6H2,1-3H3,(H,14,16)(H,15,17). The Labute approximate surface area is 111 Å². The van der Waals surface area contributed by atoms with Crippen molar-refractivity contribution in [3.8, 4) is 0 Å². The van der Waals surface area contributed by atoms with E-state index in [9.17, 15) is 14.4 Å². The molecule has 0 saturated heterocycles. The van der Waals surface area contributed by atoms with Crippen LogP contribution < -0.4 is 10.7 Å². The molecule has 1 atom stereocenters. The Morgan fingerprint density at radius 3 is 2.68 bits per heavy atom. The molecule has 0 aliphatic carbocycles. The van der Waals surface area contributed by atoms with Gasteiger partial charge in [0.15, 0.2) is 5.43 Å². The molecule has 0 spiro atoms. The second-order valence-corrected chi connectivity index (χ2v) is 4.45. The predicted molar refractivity (Wildman–Crippen MR) is 69.9 cm³/mol. The van der Waals surface area contributed by atoms with Crippen molar-refractivity contribution in [2.75, 3.05) is 7.11 Å². The van der Waals surface area contributed by atoms with Crippen molar-refractivity contribution in [2.45, 2.75) is 32.2 Å². The van der Waals surface area contributed by atoms with E-state index in [2.05, 4.69) is 10.3 Å². The van der Waals surface area contributed by atoms with Crippen LogP contribution in [0.1, 0.15) is 37.0 Å². The summed E-state index contributed by atoms with van der Waals surface area (Å²) >= 11 is 0. The lowest BCUT2D eigenvalue weighted by molar-refractivity contribution is -0.147. The summed E-state index contributed by atoms with van der Waals surface area (Å²) in [6, 6.07) is 1.25. The second kappa shape index (κ2) is 6.17. The molecule has 1 aromatic heterocycles. The van der Waals surface area contributed by atoms with Crippen LogP contribution in [0, 0.1) is 0 Å². The van der Waals surface area contributed by atoms with Crippen molar-refractivity contribution >= 4 is 11.9 Å². The fourth-order valence-electron chi connectivity index (χ4n) is 1.85. The normalized spacial score (nSPS) is 13.4. The van der Waals surface area contributed by atoms with Gasteiger partial charge in [-0.2, -0.15) is 0 Å². The summed E-state index contributed by atoms with van der Waals surface area (Å²) in [4.78, 5) is 38.0. The number of hydrogen-bond acceptors (Lipinski definition) is 4. The molecule has 1 aromatic rings. The molecule has 0 saturated carbocycles. The van der Waals surface area contributed by atoms with Gasteiger partial charge in [-0.05, 0) is 13.3 Å². The Morgan fingerprint density at radius 1 is 1.47 bits per heavy atom. The Morgan fingerprint density at radius 2 is 2.16 bits per heavy atom. The van der Waals surface area contributed by atoms with Gasteiger partial charge in [0.25, 0.3) is 5.91 Å². The molecule has 1 heterocycles. The van der Waals surface area contributed by atoms with Crippen molar-refractivity contribution in [3.63, 3.8) is 0 Å². The van der Waals surface area contributed by atoms with E-state index in [0.29, 0.717) is 12.8 Å². The average Bonchev–Trinajstić information content (AvgIpc) is 2.38. The second-order valence-electron chi connectivity index (χ2n) is 4.45. The number of pyridine rings is 1. The SMILES string of the molecule is CCCC(C)(NC(=O)c1c[nH]ccc1=O)C(=O)OC. The number of ether oxygens (including phenoxy) is 1. The summed E-state index contributed by atoms with van der Waals surface area (Å²) in [5.74, 6) is -1.13. The van der Waals surface area contributed by atoms with Crippen LogP contribution in [0.4, 0.5) is 0 Å². The van der Waals surface area contributed by atoms with E-state index in [1.807, 2.05) is 6.92 Å². The monoisotopic (exact) mass is 266 g/mol. The number of carbonyl (C=O) groups is 2.